The summed E-state index contributed by atoms with van der Waals surface area (Å²) in [6, 6.07) is 3.85. The Kier molecular flexibility index (Phi) is 4.44. The van der Waals surface area contributed by atoms with E-state index in [1.807, 2.05) is 32.1 Å². The van der Waals surface area contributed by atoms with Crippen LogP contribution < -0.4 is 4.90 Å². The highest BCUT2D eigenvalue weighted by atomic mass is 35.5. The van der Waals surface area contributed by atoms with Crippen LogP contribution in [0.1, 0.15) is 16.7 Å². The average molecular weight is 256 g/mol. The molecule has 0 radical (unpaired) electrons. The number of aryl methyl sites for hydroxylation is 2. The van der Waals surface area contributed by atoms with Gasteiger partial charge in [-0.05, 0) is 65.8 Å². The molecule has 0 bridgehead atoms. The van der Waals surface area contributed by atoms with Crippen molar-refractivity contribution in [3.8, 4) is 0 Å². The molecule has 4 heteroatoms. The maximum atomic E-state index is 11.0. The van der Waals surface area contributed by atoms with Crippen LogP contribution >= 0.6 is 24.2 Å². The second-order valence-corrected chi connectivity index (χ2v) is 4.24. The summed E-state index contributed by atoms with van der Waals surface area (Å²) in [6.07, 6.45) is 1.93. The molecule has 1 rings (SSSR count). The van der Waals surface area contributed by atoms with Crippen molar-refractivity contribution in [3.63, 3.8) is 0 Å². The Morgan fingerprint density at radius 1 is 1.38 bits per heavy atom. The minimum Gasteiger partial charge on any atom is -0.302 e. The Morgan fingerprint density at radius 2 is 1.88 bits per heavy atom. The van der Waals surface area contributed by atoms with Gasteiger partial charge in [0, 0.05) is 12.7 Å². The van der Waals surface area contributed by atoms with Crippen molar-refractivity contribution in [1.29, 1.82) is 0 Å². The predicted molar refractivity (Wildman–Crippen MR) is 73.6 cm³/mol. The molecule has 0 aromatic heterocycles. The van der Waals surface area contributed by atoms with E-state index in [9.17, 15) is 4.79 Å². The van der Waals surface area contributed by atoms with Crippen LogP contribution in [-0.2, 0) is 0 Å². The maximum absolute atomic E-state index is 11.0. The Morgan fingerprint density at radius 3 is 2.25 bits per heavy atom. The van der Waals surface area contributed by atoms with E-state index in [0.717, 1.165) is 22.4 Å². The fraction of sp³-hybridized carbons (Fsp3) is 0.250. The van der Waals surface area contributed by atoms with E-state index < -0.39 is 5.37 Å². The summed E-state index contributed by atoms with van der Waals surface area (Å²) in [5, 5.41) is 1.21. The molecule has 0 N–H and O–H groups in total. The number of carbonyl (C=O) groups is 1. The van der Waals surface area contributed by atoms with Crippen molar-refractivity contribution in [2.24, 2.45) is 0 Å². The van der Waals surface area contributed by atoms with Crippen LogP contribution in [0, 0.1) is 13.8 Å². The van der Waals surface area contributed by atoms with Gasteiger partial charge in [0.05, 0.1) is 0 Å². The number of thiol groups is 1. The summed E-state index contributed by atoms with van der Waals surface area (Å²) in [6.45, 7) is 3.98. The second kappa shape index (κ2) is 5.41. The lowest BCUT2D eigenvalue weighted by Gasteiger charge is -2.16. The van der Waals surface area contributed by atoms with Gasteiger partial charge >= 0.3 is 5.37 Å². The van der Waals surface area contributed by atoms with Crippen LogP contribution in [0.5, 0.6) is 0 Å². The summed E-state index contributed by atoms with van der Waals surface area (Å²) in [7, 11) is 1.65. The molecule has 0 unspecified atom stereocenters. The van der Waals surface area contributed by atoms with Gasteiger partial charge in [0.2, 0.25) is 0 Å². The molecule has 1 aromatic carbocycles. The lowest BCUT2D eigenvalue weighted by Crippen LogP contribution is -2.19. The highest BCUT2D eigenvalue weighted by molar-refractivity contribution is 7.83. The van der Waals surface area contributed by atoms with Gasteiger partial charge in [0.1, 0.15) is 0 Å². The zero-order chi connectivity index (χ0) is 12.3. The van der Waals surface area contributed by atoms with Crippen molar-refractivity contribution < 1.29 is 4.79 Å². The molecule has 2 nitrogen and oxygen atoms in total. The smallest absolute Gasteiger partial charge is 0.302 e. The summed E-state index contributed by atoms with van der Waals surface area (Å²) >= 11 is 9.49. The number of hydrogen-bond donors (Lipinski definition) is 1. The summed E-state index contributed by atoms with van der Waals surface area (Å²) in [4.78, 5) is 12.5. The molecular weight excluding hydrogens is 242 g/mol. The first kappa shape index (κ1) is 13.1. The molecule has 0 aliphatic rings. The maximum Gasteiger partial charge on any atom is 0.320 e. The van der Waals surface area contributed by atoms with Crippen molar-refractivity contribution in [3.05, 3.63) is 34.2 Å². The number of rotatable bonds is 2. The van der Waals surface area contributed by atoms with Crippen LogP contribution in [0.4, 0.5) is 10.5 Å². The number of anilines is 1. The molecule has 0 spiro atoms. The van der Waals surface area contributed by atoms with Gasteiger partial charge in [0.25, 0.3) is 0 Å². The second-order valence-electron chi connectivity index (χ2n) is 3.62. The van der Waals surface area contributed by atoms with Gasteiger partial charge in [-0.25, -0.2) is 0 Å². The number of benzene rings is 1. The molecule has 0 saturated heterocycles. The van der Waals surface area contributed by atoms with E-state index in [4.69, 9.17) is 11.6 Å². The lowest BCUT2D eigenvalue weighted by molar-refractivity contribution is 0.265. The molecule has 0 saturated carbocycles. The van der Waals surface area contributed by atoms with E-state index >= 15 is 0 Å². The molecule has 0 heterocycles. The average Bonchev–Trinajstić information content (AvgIpc) is 2.21. The van der Waals surface area contributed by atoms with E-state index in [0.29, 0.717) is 0 Å². The van der Waals surface area contributed by atoms with Crippen molar-refractivity contribution >= 4 is 41.4 Å². The van der Waals surface area contributed by atoms with E-state index in [1.54, 1.807) is 12.5 Å². The van der Waals surface area contributed by atoms with Gasteiger partial charge in [-0.2, -0.15) is 12.6 Å². The Balaban J connectivity index is 3.24. The zero-order valence-electron chi connectivity index (χ0n) is 9.49. The number of hydrogen-bond acceptors (Lipinski definition) is 2. The van der Waals surface area contributed by atoms with Crippen LogP contribution in [0.2, 0.25) is 0 Å². The van der Waals surface area contributed by atoms with Crippen LogP contribution in [0.15, 0.2) is 17.5 Å². The molecular formula is C12H14ClNOS. The minimum atomic E-state index is -0.490. The fourth-order valence-corrected chi connectivity index (χ4v) is 1.83. The number of amides is 1. The molecule has 0 fully saturated rings. The highest BCUT2D eigenvalue weighted by Gasteiger charge is 2.10. The molecule has 1 amide bonds. The number of carbonyl (C=O) groups excluding carboxylic acids is 1. The molecule has 86 valence electrons. The number of nitrogens with zero attached hydrogens (tertiary/aromatic N) is 1. The molecule has 1 aromatic rings. The van der Waals surface area contributed by atoms with Gasteiger partial charge in [-0.3, -0.25) is 4.79 Å². The first-order valence-corrected chi connectivity index (χ1v) is 5.72. The minimum absolute atomic E-state index is 0.490. The Labute approximate surface area is 106 Å². The van der Waals surface area contributed by atoms with E-state index in [2.05, 4.69) is 12.6 Å². The standard InChI is InChI=1S/C12H14ClNOS/c1-8-6-10(14(3)12(13)15)7-9(2)11(8)4-5-16/h4-7,16H,1-3H3/b5-4+. The first-order chi connectivity index (χ1) is 7.47. The zero-order valence-corrected chi connectivity index (χ0v) is 11.1. The van der Waals surface area contributed by atoms with E-state index in [1.165, 1.54) is 4.90 Å². The van der Waals surface area contributed by atoms with Gasteiger partial charge in [0.15, 0.2) is 0 Å². The molecule has 16 heavy (non-hydrogen) atoms. The van der Waals surface area contributed by atoms with Gasteiger partial charge in [-0.15, -0.1) is 0 Å². The third-order valence-electron chi connectivity index (χ3n) is 2.47. The Bertz CT molecular complexity index is 420. The summed E-state index contributed by atoms with van der Waals surface area (Å²) in [5.74, 6) is 0. The number of halogens is 1. The molecule has 0 atom stereocenters. The summed E-state index contributed by atoms with van der Waals surface area (Å²) in [5.41, 5.74) is 4.09. The highest BCUT2D eigenvalue weighted by Crippen LogP contribution is 2.24. The van der Waals surface area contributed by atoms with Crippen molar-refractivity contribution in [2.45, 2.75) is 13.8 Å². The van der Waals surface area contributed by atoms with E-state index in [-0.39, 0.29) is 0 Å². The normalized spacial score (nSPS) is 10.8. The third kappa shape index (κ3) is 2.80. The first-order valence-electron chi connectivity index (χ1n) is 4.82. The van der Waals surface area contributed by atoms with Crippen LogP contribution in [0.3, 0.4) is 0 Å². The van der Waals surface area contributed by atoms with Gasteiger partial charge < -0.3 is 4.90 Å². The van der Waals surface area contributed by atoms with Gasteiger partial charge in [-0.1, -0.05) is 0 Å². The topological polar surface area (TPSA) is 20.3 Å². The quantitative estimate of drug-likeness (QED) is 0.481. The summed E-state index contributed by atoms with van der Waals surface area (Å²) < 4.78 is 0. The predicted octanol–water partition coefficient (Wildman–Crippen LogP) is 4.00. The SMILES string of the molecule is Cc1cc(N(C)C(=O)Cl)cc(C)c1/C=C/S. The fourth-order valence-electron chi connectivity index (χ4n) is 1.58. The monoisotopic (exact) mass is 255 g/mol. The third-order valence-corrected chi connectivity index (χ3v) is 2.87. The van der Waals surface area contributed by atoms with Crippen molar-refractivity contribution in [1.82, 2.24) is 0 Å². The Hall–Kier alpha value is -0.930. The lowest BCUT2D eigenvalue weighted by atomic mass is 10.0. The largest absolute Gasteiger partial charge is 0.320 e. The van der Waals surface area contributed by atoms with Crippen LogP contribution in [0.25, 0.3) is 6.08 Å². The van der Waals surface area contributed by atoms with Crippen molar-refractivity contribution in [2.75, 3.05) is 11.9 Å². The molecule has 0 aliphatic carbocycles. The molecule has 0 aliphatic heterocycles. The van der Waals surface area contributed by atoms with Crippen LogP contribution in [-0.4, -0.2) is 12.4 Å².